The van der Waals surface area contributed by atoms with Crippen molar-refractivity contribution in [2.45, 2.75) is 17.7 Å². The lowest BCUT2D eigenvalue weighted by Crippen LogP contribution is -2.26. The largest absolute Gasteiger partial charge is 0.352 e. The monoisotopic (exact) mass is 373 g/mol. The first-order valence-electron chi connectivity index (χ1n) is 8.71. The van der Waals surface area contributed by atoms with Crippen LogP contribution in [0, 0.1) is 5.92 Å². The summed E-state index contributed by atoms with van der Waals surface area (Å²) in [4.78, 5) is 12.5. The van der Waals surface area contributed by atoms with Crippen molar-refractivity contribution in [3.63, 3.8) is 0 Å². The van der Waals surface area contributed by atoms with Crippen LogP contribution in [0.5, 0.6) is 0 Å². The van der Waals surface area contributed by atoms with E-state index in [0.717, 1.165) is 25.9 Å². The minimum absolute atomic E-state index is 0.181. The number of benzene rings is 2. The molecule has 0 bridgehead atoms. The zero-order chi connectivity index (χ0) is 18.4. The van der Waals surface area contributed by atoms with E-state index in [1.807, 2.05) is 0 Å². The standard InChI is InChI=1S/C19H23N3O3S/c23-19(21-12-10-15-9-11-20-14-15)16-5-4-6-17(13-16)22-26(24,25)18-7-2-1-3-8-18/h1-8,13,15,20,22H,9-12,14H2,(H,21,23). The van der Waals surface area contributed by atoms with E-state index < -0.39 is 10.0 Å². The van der Waals surface area contributed by atoms with Crippen molar-refractivity contribution in [2.75, 3.05) is 24.4 Å². The van der Waals surface area contributed by atoms with E-state index in [4.69, 9.17) is 0 Å². The second-order valence-electron chi connectivity index (χ2n) is 6.40. The summed E-state index contributed by atoms with van der Waals surface area (Å²) in [5, 5.41) is 6.21. The molecule has 1 atom stereocenters. The van der Waals surface area contributed by atoms with Crippen molar-refractivity contribution in [3.05, 3.63) is 60.2 Å². The van der Waals surface area contributed by atoms with E-state index in [1.54, 1.807) is 42.5 Å². The summed E-state index contributed by atoms with van der Waals surface area (Å²) in [5.74, 6) is 0.413. The van der Waals surface area contributed by atoms with E-state index in [-0.39, 0.29) is 10.8 Å². The number of sulfonamides is 1. The van der Waals surface area contributed by atoms with Gasteiger partial charge in [0.2, 0.25) is 0 Å². The Balaban J connectivity index is 1.61. The second kappa shape index (κ2) is 8.33. The van der Waals surface area contributed by atoms with E-state index >= 15 is 0 Å². The lowest BCUT2D eigenvalue weighted by Gasteiger charge is -2.11. The van der Waals surface area contributed by atoms with Gasteiger partial charge in [0.15, 0.2) is 0 Å². The van der Waals surface area contributed by atoms with Gasteiger partial charge in [0.25, 0.3) is 15.9 Å². The molecule has 3 rings (SSSR count). The number of nitrogens with one attached hydrogen (secondary N) is 3. The Morgan fingerprint density at radius 1 is 1.12 bits per heavy atom. The smallest absolute Gasteiger partial charge is 0.261 e. The SMILES string of the molecule is O=C(NCCC1CCNC1)c1cccc(NS(=O)(=O)c2ccccc2)c1. The molecule has 138 valence electrons. The average molecular weight is 373 g/mol. The van der Waals surface area contributed by atoms with Crippen LogP contribution in [0.4, 0.5) is 5.69 Å². The molecule has 3 N–H and O–H groups in total. The lowest BCUT2D eigenvalue weighted by molar-refractivity contribution is 0.0951. The summed E-state index contributed by atoms with van der Waals surface area (Å²) in [5.41, 5.74) is 0.796. The molecule has 1 unspecified atom stereocenters. The van der Waals surface area contributed by atoms with E-state index in [0.29, 0.717) is 23.7 Å². The number of hydrogen-bond acceptors (Lipinski definition) is 4. The molecule has 1 amide bonds. The van der Waals surface area contributed by atoms with Gasteiger partial charge in [0, 0.05) is 17.8 Å². The first-order valence-corrected chi connectivity index (χ1v) is 10.2. The van der Waals surface area contributed by atoms with Gasteiger partial charge in [-0.05, 0) is 62.2 Å². The fourth-order valence-corrected chi connectivity index (χ4v) is 4.06. The lowest BCUT2D eigenvalue weighted by atomic mass is 10.1. The molecule has 1 heterocycles. The van der Waals surface area contributed by atoms with Crippen LogP contribution in [-0.2, 0) is 10.0 Å². The van der Waals surface area contributed by atoms with Gasteiger partial charge in [0.05, 0.1) is 4.90 Å². The predicted octanol–water partition coefficient (Wildman–Crippen LogP) is 2.22. The van der Waals surface area contributed by atoms with Crippen LogP contribution in [0.1, 0.15) is 23.2 Å². The maximum absolute atomic E-state index is 12.4. The Bertz CT molecular complexity index is 847. The Kier molecular flexibility index (Phi) is 5.90. The topological polar surface area (TPSA) is 87.3 Å². The summed E-state index contributed by atoms with van der Waals surface area (Å²) in [7, 11) is -3.67. The van der Waals surface area contributed by atoms with Gasteiger partial charge in [-0.1, -0.05) is 24.3 Å². The Morgan fingerprint density at radius 2 is 1.92 bits per heavy atom. The van der Waals surface area contributed by atoms with Crippen LogP contribution >= 0.6 is 0 Å². The highest BCUT2D eigenvalue weighted by atomic mass is 32.2. The zero-order valence-corrected chi connectivity index (χ0v) is 15.3. The summed E-state index contributed by atoms with van der Waals surface area (Å²) >= 11 is 0. The number of carbonyl (C=O) groups is 1. The molecule has 1 aliphatic rings. The van der Waals surface area contributed by atoms with Crippen LogP contribution in [0.25, 0.3) is 0 Å². The van der Waals surface area contributed by atoms with Crippen molar-refractivity contribution >= 4 is 21.6 Å². The molecular weight excluding hydrogens is 350 g/mol. The first-order chi connectivity index (χ1) is 12.5. The molecular formula is C19H23N3O3S. The molecule has 2 aromatic carbocycles. The fraction of sp³-hybridized carbons (Fsp3) is 0.316. The summed E-state index contributed by atoms with van der Waals surface area (Å²) in [6.45, 7) is 2.67. The highest BCUT2D eigenvalue weighted by Gasteiger charge is 2.16. The van der Waals surface area contributed by atoms with Gasteiger partial charge in [-0.3, -0.25) is 9.52 Å². The van der Waals surface area contributed by atoms with Gasteiger partial charge in [0.1, 0.15) is 0 Å². The quantitative estimate of drug-likeness (QED) is 0.694. The molecule has 26 heavy (non-hydrogen) atoms. The molecule has 0 spiro atoms. The highest BCUT2D eigenvalue weighted by molar-refractivity contribution is 7.92. The predicted molar refractivity (Wildman–Crippen MR) is 102 cm³/mol. The van der Waals surface area contributed by atoms with Crippen LogP contribution in [-0.4, -0.2) is 34.0 Å². The normalized spacial score (nSPS) is 17.0. The van der Waals surface area contributed by atoms with Crippen molar-refractivity contribution in [2.24, 2.45) is 5.92 Å². The van der Waals surface area contributed by atoms with Gasteiger partial charge in [-0.2, -0.15) is 0 Å². The molecule has 1 saturated heterocycles. The zero-order valence-electron chi connectivity index (χ0n) is 14.4. The van der Waals surface area contributed by atoms with Gasteiger partial charge >= 0.3 is 0 Å². The number of anilines is 1. The summed E-state index contributed by atoms with van der Waals surface area (Å²) in [6.07, 6.45) is 2.09. The van der Waals surface area contributed by atoms with Crippen LogP contribution in [0.2, 0.25) is 0 Å². The molecule has 0 aromatic heterocycles. The van der Waals surface area contributed by atoms with Crippen molar-refractivity contribution in [1.29, 1.82) is 0 Å². The van der Waals surface area contributed by atoms with Crippen LogP contribution in [0.3, 0.4) is 0 Å². The van der Waals surface area contributed by atoms with Crippen molar-refractivity contribution < 1.29 is 13.2 Å². The van der Waals surface area contributed by atoms with Gasteiger partial charge in [-0.15, -0.1) is 0 Å². The highest BCUT2D eigenvalue weighted by Crippen LogP contribution is 2.17. The molecule has 1 fully saturated rings. The number of hydrogen-bond donors (Lipinski definition) is 3. The summed E-state index contributed by atoms with van der Waals surface area (Å²) in [6, 6.07) is 14.6. The number of amides is 1. The molecule has 2 aromatic rings. The molecule has 6 nitrogen and oxygen atoms in total. The maximum atomic E-state index is 12.4. The molecule has 0 aliphatic carbocycles. The third kappa shape index (κ3) is 4.83. The second-order valence-corrected chi connectivity index (χ2v) is 8.09. The molecule has 7 heteroatoms. The van der Waals surface area contributed by atoms with Gasteiger partial charge in [-0.25, -0.2) is 8.42 Å². The van der Waals surface area contributed by atoms with Crippen LogP contribution < -0.4 is 15.4 Å². The van der Waals surface area contributed by atoms with Gasteiger partial charge < -0.3 is 10.6 Å². The molecule has 0 radical (unpaired) electrons. The minimum atomic E-state index is -3.67. The molecule has 0 saturated carbocycles. The Labute approximate surface area is 154 Å². The fourth-order valence-electron chi connectivity index (χ4n) is 2.99. The minimum Gasteiger partial charge on any atom is -0.352 e. The van der Waals surface area contributed by atoms with Crippen molar-refractivity contribution in [3.8, 4) is 0 Å². The maximum Gasteiger partial charge on any atom is 0.261 e. The van der Waals surface area contributed by atoms with E-state index in [2.05, 4.69) is 15.4 Å². The van der Waals surface area contributed by atoms with E-state index in [9.17, 15) is 13.2 Å². The van der Waals surface area contributed by atoms with Crippen molar-refractivity contribution in [1.82, 2.24) is 10.6 Å². The first kappa shape index (κ1) is 18.4. The summed E-state index contributed by atoms with van der Waals surface area (Å²) < 4.78 is 27.3. The van der Waals surface area contributed by atoms with Crippen LogP contribution in [0.15, 0.2) is 59.5 Å². The number of rotatable bonds is 7. The number of carbonyl (C=O) groups excluding carboxylic acids is 1. The Hall–Kier alpha value is -2.38. The Morgan fingerprint density at radius 3 is 2.65 bits per heavy atom. The average Bonchev–Trinajstić information content (AvgIpc) is 3.16. The van der Waals surface area contributed by atoms with E-state index in [1.165, 1.54) is 12.1 Å². The molecule has 1 aliphatic heterocycles. The third-order valence-corrected chi connectivity index (χ3v) is 5.83. The third-order valence-electron chi connectivity index (χ3n) is 4.43.